The molecule has 0 bridgehead atoms. The van der Waals surface area contributed by atoms with E-state index in [0.717, 1.165) is 0 Å². The molecule has 0 aromatic heterocycles. The Bertz CT molecular complexity index is 51.3. The molecule has 0 aliphatic carbocycles. The van der Waals surface area contributed by atoms with Crippen molar-refractivity contribution >= 4 is 0 Å². The summed E-state index contributed by atoms with van der Waals surface area (Å²) in [6, 6.07) is 0. The van der Waals surface area contributed by atoms with Crippen LogP contribution in [0.15, 0.2) is 0 Å². The van der Waals surface area contributed by atoms with Gasteiger partial charge in [0.1, 0.15) is 0 Å². The Kier molecular flexibility index (Phi) is 4.79. The lowest BCUT2D eigenvalue weighted by Crippen LogP contribution is -2.21. The molecular weight excluding hydrogens is 116 g/mol. The number of hydroxylamine groups is 1. The third kappa shape index (κ3) is 5.78. The molecule has 0 saturated heterocycles. The van der Waals surface area contributed by atoms with Gasteiger partial charge in [0, 0.05) is 0 Å². The Balaban J connectivity index is 2.72. The van der Waals surface area contributed by atoms with Crippen molar-refractivity contribution in [3.63, 3.8) is 0 Å². The van der Waals surface area contributed by atoms with E-state index >= 15 is 0 Å². The van der Waals surface area contributed by atoms with E-state index in [9.17, 15) is 8.78 Å². The lowest BCUT2D eigenvalue weighted by Gasteiger charge is -1.99. The van der Waals surface area contributed by atoms with Gasteiger partial charge in [-0.05, 0) is 6.92 Å². The molecule has 0 radical (unpaired) electrons. The number of hydrogen-bond donors (Lipinski definition) is 1. The van der Waals surface area contributed by atoms with E-state index in [4.69, 9.17) is 0 Å². The number of nitrogens with one attached hydrogen (secondary N) is 1. The summed E-state index contributed by atoms with van der Waals surface area (Å²) in [5.74, 6) is 0. The van der Waals surface area contributed by atoms with Gasteiger partial charge in [-0.1, -0.05) is 0 Å². The Morgan fingerprint density at radius 2 is 2.25 bits per heavy atom. The quantitative estimate of drug-likeness (QED) is 0.443. The second kappa shape index (κ2) is 4.93. The van der Waals surface area contributed by atoms with Gasteiger partial charge < -0.3 is 4.84 Å². The maximum absolute atomic E-state index is 11.2. The van der Waals surface area contributed by atoms with Crippen LogP contribution in [0.4, 0.5) is 8.78 Å². The second-order valence-corrected chi connectivity index (χ2v) is 1.17. The molecular formula is C4H9F2NO. The average molecular weight is 125 g/mol. The minimum atomic E-state index is -2.33. The largest absolute Gasteiger partial charge is 0.302 e. The van der Waals surface area contributed by atoms with E-state index in [1.165, 1.54) is 0 Å². The van der Waals surface area contributed by atoms with Gasteiger partial charge in [0.05, 0.1) is 13.2 Å². The first-order valence-electron chi connectivity index (χ1n) is 2.40. The van der Waals surface area contributed by atoms with Crippen LogP contribution in [-0.2, 0) is 4.84 Å². The summed E-state index contributed by atoms with van der Waals surface area (Å²) in [5, 5.41) is 0. The van der Waals surface area contributed by atoms with Gasteiger partial charge in [0.15, 0.2) is 0 Å². The summed E-state index contributed by atoms with van der Waals surface area (Å²) in [6.07, 6.45) is -2.33. The molecule has 0 rings (SSSR count). The van der Waals surface area contributed by atoms with Gasteiger partial charge in [-0.3, -0.25) is 0 Å². The van der Waals surface area contributed by atoms with Crippen LogP contribution in [0.3, 0.4) is 0 Å². The fraction of sp³-hybridized carbons (Fsp3) is 1.00. The molecule has 0 spiro atoms. The lowest BCUT2D eigenvalue weighted by molar-refractivity contribution is 0.0122. The van der Waals surface area contributed by atoms with Crippen molar-refractivity contribution in [3.8, 4) is 0 Å². The first kappa shape index (κ1) is 7.78. The van der Waals surface area contributed by atoms with Crippen LogP contribution in [0.5, 0.6) is 0 Å². The van der Waals surface area contributed by atoms with E-state index in [2.05, 4.69) is 10.3 Å². The maximum atomic E-state index is 11.2. The third-order valence-corrected chi connectivity index (χ3v) is 0.484. The van der Waals surface area contributed by atoms with Gasteiger partial charge in [0.2, 0.25) is 0 Å². The van der Waals surface area contributed by atoms with Gasteiger partial charge >= 0.3 is 0 Å². The molecule has 0 fully saturated rings. The highest BCUT2D eigenvalue weighted by molar-refractivity contribution is 4.34. The molecule has 1 N–H and O–H groups in total. The molecule has 0 atom stereocenters. The SMILES string of the molecule is CCONCC(F)F. The molecule has 0 amide bonds. The number of rotatable bonds is 4. The van der Waals surface area contributed by atoms with Crippen LogP contribution in [0, 0.1) is 0 Å². The number of hydrogen-bond acceptors (Lipinski definition) is 2. The summed E-state index contributed by atoms with van der Waals surface area (Å²) in [4.78, 5) is 4.41. The predicted molar refractivity (Wildman–Crippen MR) is 25.6 cm³/mol. The normalized spacial score (nSPS) is 10.5. The summed E-state index contributed by atoms with van der Waals surface area (Å²) in [7, 11) is 0. The van der Waals surface area contributed by atoms with Gasteiger partial charge in [-0.2, -0.15) is 5.48 Å². The zero-order valence-electron chi connectivity index (χ0n) is 4.66. The highest BCUT2D eigenvalue weighted by Crippen LogP contribution is 1.86. The van der Waals surface area contributed by atoms with Gasteiger partial charge in [0.25, 0.3) is 6.43 Å². The fourth-order valence-corrected chi connectivity index (χ4v) is 0.224. The molecule has 0 aromatic rings. The van der Waals surface area contributed by atoms with Gasteiger partial charge in [-0.25, -0.2) is 8.78 Å². The van der Waals surface area contributed by atoms with Crippen molar-refractivity contribution in [2.75, 3.05) is 13.2 Å². The van der Waals surface area contributed by atoms with Crippen LogP contribution in [0.25, 0.3) is 0 Å². The molecule has 8 heavy (non-hydrogen) atoms. The van der Waals surface area contributed by atoms with E-state index in [-0.39, 0.29) is 0 Å². The zero-order chi connectivity index (χ0) is 6.41. The highest BCUT2D eigenvalue weighted by atomic mass is 19.3. The van der Waals surface area contributed by atoms with Crippen LogP contribution < -0.4 is 5.48 Å². The monoisotopic (exact) mass is 125 g/mol. The van der Waals surface area contributed by atoms with E-state index < -0.39 is 13.0 Å². The summed E-state index contributed by atoms with van der Waals surface area (Å²) in [5.41, 5.74) is 2.08. The lowest BCUT2D eigenvalue weighted by atomic mass is 10.7. The second-order valence-electron chi connectivity index (χ2n) is 1.17. The van der Waals surface area contributed by atoms with Gasteiger partial charge in [-0.15, -0.1) is 0 Å². The van der Waals surface area contributed by atoms with Crippen molar-refractivity contribution in [1.82, 2.24) is 5.48 Å². The van der Waals surface area contributed by atoms with Crippen molar-refractivity contribution < 1.29 is 13.6 Å². The Morgan fingerprint density at radius 3 is 2.62 bits per heavy atom. The Morgan fingerprint density at radius 1 is 1.62 bits per heavy atom. The molecule has 0 unspecified atom stereocenters. The van der Waals surface area contributed by atoms with Crippen LogP contribution in [-0.4, -0.2) is 19.6 Å². The van der Waals surface area contributed by atoms with Crippen molar-refractivity contribution in [1.29, 1.82) is 0 Å². The molecule has 0 heterocycles. The van der Waals surface area contributed by atoms with Crippen molar-refractivity contribution in [2.45, 2.75) is 13.3 Å². The highest BCUT2D eigenvalue weighted by Gasteiger charge is 1.98. The minimum Gasteiger partial charge on any atom is -0.302 e. The molecule has 50 valence electrons. The fourth-order valence-electron chi connectivity index (χ4n) is 0.224. The third-order valence-electron chi connectivity index (χ3n) is 0.484. The average Bonchev–Trinajstić information content (AvgIpc) is 1.66. The van der Waals surface area contributed by atoms with E-state index in [1.54, 1.807) is 6.92 Å². The smallest absolute Gasteiger partial charge is 0.253 e. The minimum absolute atomic E-state index is 0.395. The molecule has 4 heteroatoms. The first-order valence-corrected chi connectivity index (χ1v) is 2.40. The molecule has 2 nitrogen and oxygen atoms in total. The predicted octanol–water partition coefficient (Wildman–Crippen LogP) is 0.793. The Hall–Kier alpha value is -0.220. The number of alkyl halides is 2. The topological polar surface area (TPSA) is 21.3 Å². The maximum Gasteiger partial charge on any atom is 0.253 e. The van der Waals surface area contributed by atoms with Crippen LogP contribution >= 0.6 is 0 Å². The summed E-state index contributed by atoms with van der Waals surface area (Å²) >= 11 is 0. The van der Waals surface area contributed by atoms with Crippen LogP contribution in [0.1, 0.15) is 6.92 Å². The molecule has 0 aromatic carbocycles. The Labute approximate surface area is 46.8 Å². The first-order chi connectivity index (χ1) is 3.77. The standard InChI is InChI=1S/C4H9F2NO/c1-2-8-7-3-4(5)6/h4,7H,2-3H2,1H3. The molecule has 0 aliphatic rings. The summed E-state index contributed by atoms with van der Waals surface area (Å²) in [6.45, 7) is 1.74. The zero-order valence-corrected chi connectivity index (χ0v) is 4.66. The van der Waals surface area contributed by atoms with E-state index in [1.807, 2.05) is 0 Å². The summed E-state index contributed by atoms with van der Waals surface area (Å²) < 4.78 is 22.4. The van der Waals surface area contributed by atoms with Crippen molar-refractivity contribution in [2.24, 2.45) is 0 Å². The van der Waals surface area contributed by atoms with E-state index in [0.29, 0.717) is 6.61 Å². The molecule has 0 saturated carbocycles. The van der Waals surface area contributed by atoms with Crippen molar-refractivity contribution in [3.05, 3.63) is 0 Å². The van der Waals surface area contributed by atoms with Crippen LogP contribution in [0.2, 0.25) is 0 Å². The molecule has 0 aliphatic heterocycles. The number of halogens is 2.